The molecule has 1 unspecified atom stereocenters. The molecule has 0 aromatic heterocycles. The van der Waals surface area contributed by atoms with E-state index in [1.165, 1.54) is 33.9 Å². The Morgan fingerprint density at radius 2 is 1.87 bits per heavy atom. The Hall–Kier alpha value is -3.18. The Kier molecular flexibility index (Phi) is 4.98. The normalized spacial score (nSPS) is 19.8. The first-order valence-corrected chi connectivity index (χ1v) is 11.7. The molecule has 1 aliphatic heterocycles. The Morgan fingerprint density at radius 3 is 2.55 bits per heavy atom. The van der Waals surface area contributed by atoms with E-state index in [0.29, 0.717) is 10.5 Å². The summed E-state index contributed by atoms with van der Waals surface area (Å²) < 4.78 is 14.4. The van der Waals surface area contributed by atoms with Crippen LogP contribution in [0, 0.1) is 0 Å². The molecule has 0 saturated carbocycles. The van der Waals surface area contributed by atoms with Crippen LogP contribution in [0.15, 0.2) is 66.7 Å². The van der Waals surface area contributed by atoms with Crippen LogP contribution in [0.2, 0.25) is 0 Å². The maximum atomic E-state index is 12.1. The number of benzene rings is 3. The summed E-state index contributed by atoms with van der Waals surface area (Å²) >= 11 is 0. The predicted octanol–water partition coefficient (Wildman–Crippen LogP) is 4.83. The number of rotatable bonds is 4. The minimum Gasteiger partial charge on any atom is -0.507 e. The summed E-state index contributed by atoms with van der Waals surface area (Å²) in [5, 5.41) is 10.6. The van der Waals surface area contributed by atoms with E-state index in [-0.39, 0.29) is 11.7 Å². The highest BCUT2D eigenvalue weighted by Crippen LogP contribution is 2.44. The molecule has 2 N–H and O–H groups in total. The van der Waals surface area contributed by atoms with Crippen molar-refractivity contribution in [3.63, 3.8) is 0 Å². The van der Waals surface area contributed by atoms with Crippen LogP contribution in [-0.4, -0.2) is 15.2 Å². The zero-order valence-electron chi connectivity index (χ0n) is 17.2. The summed E-state index contributed by atoms with van der Waals surface area (Å²) in [4.78, 5) is 11.8. The van der Waals surface area contributed by atoms with Crippen molar-refractivity contribution in [3.05, 3.63) is 94.6 Å². The SMILES string of the molecule is CCc1ccc(-c2cccc3c2CC[C@@H]3c2ccc(C3=CC(=O)NS3=O)c(O)c2)cc1. The molecule has 5 rings (SSSR count). The largest absolute Gasteiger partial charge is 0.507 e. The molecule has 2 aliphatic rings. The zero-order chi connectivity index (χ0) is 21.5. The molecule has 156 valence electrons. The third-order valence-corrected chi connectivity index (χ3v) is 7.41. The molecule has 31 heavy (non-hydrogen) atoms. The lowest BCUT2D eigenvalue weighted by atomic mass is 9.90. The molecule has 0 saturated heterocycles. The van der Waals surface area contributed by atoms with Gasteiger partial charge in [-0.1, -0.05) is 55.5 Å². The molecule has 1 aliphatic carbocycles. The zero-order valence-corrected chi connectivity index (χ0v) is 18.0. The molecule has 0 spiro atoms. The minimum atomic E-state index is -1.62. The van der Waals surface area contributed by atoms with Crippen molar-refractivity contribution in [2.24, 2.45) is 0 Å². The number of nitrogens with one attached hydrogen (secondary N) is 1. The third-order valence-electron chi connectivity index (χ3n) is 6.29. The van der Waals surface area contributed by atoms with Gasteiger partial charge >= 0.3 is 0 Å². The van der Waals surface area contributed by atoms with E-state index in [1.54, 1.807) is 12.1 Å². The Labute approximate surface area is 184 Å². The van der Waals surface area contributed by atoms with Crippen LogP contribution in [0.4, 0.5) is 0 Å². The number of hydrogen-bond donors (Lipinski definition) is 2. The highest BCUT2D eigenvalue weighted by atomic mass is 32.2. The van der Waals surface area contributed by atoms with E-state index in [9.17, 15) is 14.1 Å². The lowest BCUT2D eigenvalue weighted by Gasteiger charge is -2.15. The molecule has 1 amide bonds. The van der Waals surface area contributed by atoms with Crippen molar-refractivity contribution >= 4 is 21.8 Å². The quantitative estimate of drug-likeness (QED) is 0.624. The summed E-state index contributed by atoms with van der Waals surface area (Å²) in [6.45, 7) is 2.16. The summed E-state index contributed by atoms with van der Waals surface area (Å²) in [7, 11) is -1.62. The summed E-state index contributed by atoms with van der Waals surface area (Å²) in [6, 6.07) is 20.8. The van der Waals surface area contributed by atoms with Crippen molar-refractivity contribution in [3.8, 4) is 16.9 Å². The second-order valence-electron chi connectivity index (χ2n) is 8.04. The Morgan fingerprint density at radius 1 is 1.06 bits per heavy atom. The lowest BCUT2D eigenvalue weighted by molar-refractivity contribution is -0.114. The average molecular weight is 430 g/mol. The van der Waals surface area contributed by atoms with E-state index in [0.717, 1.165) is 24.8 Å². The highest BCUT2D eigenvalue weighted by molar-refractivity contribution is 7.94. The number of aryl methyl sites for hydroxylation is 1. The van der Waals surface area contributed by atoms with Gasteiger partial charge in [-0.25, -0.2) is 4.21 Å². The molecular formula is C26H23NO3S. The van der Waals surface area contributed by atoms with Gasteiger partial charge in [0.1, 0.15) is 5.75 Å². The fourth-order valence-electron chi connectivity index (χ4n) is 4.69. The van der Waals surface area contributed by atoms with Gasteiger partial charge in [-0.2, -0.15) is 0 Å². The van der Waals surface area contributed by atoms with Gasteiger partial charge in [0.15, 0.2) is 11.0 Å². The van der Waals surface area contributed by atoms with E-state index >= 15 is 0 Å². The second kappa shape index (κ2) is 7.82. The molecule has 0 fully saturated rings. The molecule has 1 heterocycles. The fraction of sp³-hybridized carbons (Fsp3) is 0.192. The topological polar surface area (TPSA) is 66.4 Å². The van der Waals surface area contributed by atoms with Gasteiger partial charge in [0.2, 0.25) is 0 Å². The van der Waals surface area contributed by atoms with Gasteiger partial charge in [-0.05, 0) is 64.8 Å². The first kappa shape index (κ1) is 19.8. The van der Waals surface area contributed by atoms with Crippen LogP contribution in [0.5, 0.6) is 5.75 Å². The first-order chi connectivity index (χ1) is 15.0. The highest BCUT2D eigenvalue weighted by Gasteiger charge is 2.28. The van der Waals surface area contributed by atoms with Gasteiger partial charge in [0.05, 0.1) is 4.91 Å². The molecular weight excluding hydrogens is 406 g/mol. The lowest BCUT2D eigenvalue weighted by Crippen LogP contribution is -2.16. The number of carbonyl (C=O) groups excluding carboxylic acids is 1. The minimum absolute atomic E-state index is 0.0494. The van der Waals surface area contributed by atoms with Crippen molar-refractivity contribution in [2.45, 2.75) is 32.1 Å². The summed E-state index contributed by atoms with van der Waals surface area (Å²) in [5.74, 6) is -0.151. The fourth-order valence-corrected chi connectivity index (χ4v) is 5.63. The van der Waals surface area contributed by atoms with Crippen LogP contribution in [0.1, 0.15) is 47.1 Å². The standard InChI is InChI=1S/C26H23NO3S/c1-2-16-6-8-17(9-7-16)19-4-3-5-21-20(12-13-22(19)21)18-10-11-23(24(28)14-18)25-15-26(29)27-31(25)30/h3-11,14-15,20,28H,2,12-13H2,1H3,(H,27,29)/t20-,31?/m1/s1. The van der Waals surface area contributed by atoms with Gasteiger partial charge in [-0.15, -0.1) is 0 Å². The second-order valence-corrected chi connectivity index (χ2v) is 9.22. The predicted molar refractivity (Wildman–Crippen MR) is 124 cm³/mol. The summed E-state index contributed by atoms with van der Waals surface area (Å²) in [5.41, 5.74) is 7.98. The van der Waals surface area contributed by atoms with Crippen LogP contribution in [0.3, 0.4) is 0 Å². The average Bonchev–Trinajstić information content (AvgIpc) is 3.36. The van der Waals surface area contributed by atoms with Crippen molar-refractivity contribution in [2.75, 3.05) is 0 Å². The molecule has 5 heteroatoms. The Bertz CT molecular complexity index is 1240. The number of amides is 1. The monoisotopic (exact) mass is 429 g/mol. The van der Waals surface area contributed by atoms with Gasteiger partial charge < -0.3 is 5.11 Å². The molecule has 3 aromatic rings. The number of phenols is 1. The Balaban J connectivity index is 1.49. The van der Waals surface area contributed by atoms with E-state index in [4.69, 9.17) is 0 Å². The smallest absolute Gasteiger partial charge is 0.257 e. The third kappa shape index (κ3) is 3.49. The van der Waals surface area contributed by atoms with Crippen LogP contribution in [-0.2, 0) is 28.6 Å². The molecule has 4 nitrogen and oxygen atoms in total. The number of hydrogen-bond acceptors (Lipinski definition) is 3. The first-order valence-electron chi connectivity index (χ1n) is 10.5. The number of aromatic hydroxyl groups is 1. The van der Waals surface area contributed by atoms with Gasteiger partial charge in [-0.3, -0.25) is 9.52 Å². The van der Waals surface area contributed by atoms with Crippen LogP contribution >= 0.6 is 0 Å². The van der Waals surface area contributed by atoms with Crippen molar-refractivity contribution in [1.82, 2.24) is 4.72 Å². The van der Waals surface area contributed by atoms with E-state index in [2.05, 4.69) is 54.1 Å². The molecule has 2 atom stereocenters. The van der Waals surface area contributed by atoms with Crippen molar-refractivity contribution < 1.29 is 14.1 Å². The maximum Gasteiger partial charge on any atom is 0.257 e. The van der Waals surface area contributed by atoms with E-state index < -0.39 is 16.9 Å². The number of carbonyl (C=O) groups is 1. The van der Waals surface area contributed by atoms with Gasteiger partial charge in [0.25, 0.3) is 5.91 Å². The van der Waals surface area contributed by atoms with E-state index in [1.807, 2.05) is 6.07 Å². The molecule has 0 radical (unpaired) electrons. The summed E-state index contributed by atoms with van der Waals surface area (Å²) in [6.07, 6.45) is 4.28. The number of fused-ring (bicyclic) bond motifs is 1. The van der Waals surface area contributed by atoms with Crippen LogP contribution in [0.25, 0.3) is 16.0 Å². The maximum absolute atomic E-state index is 12.1. The molecule has 0 bridgehead atoms. The van der Waals surface area contributed by atoms with Gasteiger partial charge in [0, 0.05) is 17.6 Å². The molecule has 3 aromatic carbocycles. The van der Waals surface area contributed by atoms with Crippen molar-refractivity contribution in [1.29, 1.82) is 0 Å². The van der Waals surface area contributed by atoms with Crippen LogP contribution < -0.4 is 4.72 Å². The number of phenolic OH excluding ortho intramolecular Hbond substituents is 1.